The fourth-order valence-electron chi connectivity index (χ4n) is 1.76. The Morgan fingerprint density at radius 1 is 1.00 bits per heavy atom. The molecule has 0 fully saturated rings. The van der Waals surface area contributed by atoms with Crippen LogP contribution in [0.15, 0.2) is 11.6 Å². The average molecular weight is 275 g/mol. The first-order valence-corrected chi connectivity index (χ1v) is 7.65. The van der Waals surface area contributed by atoms with E-state index in [4.69, 9.17) is 0 Å². The maximum Gasteiger partial charge on any atom is 0.00660 e. The second-order valence-corrected chi connectivity index (χ2v) is 5.19. The van der Waals surface area contributed by atoms with Crippen molar-refractivity contribution < 1.29 is 0 Å². The van der Waals surface area contributed by atoms with Gasteiger partial charge >= 0.3 is 0 Å². The molecular weight excluding hydrogens is 248 g/mol. The van der Waals surface area contributed by atoms with Crippen molar-refractivity contribution in [3.63, 3.8) is 0 Å². The second kappa shape index (κ2) is 12.3. The molecule has 0 aromatic carbocycles. The second-order valence-electron chi connectivity index (χ2n) is 4.40. The van der Waals surface area contributed by atoms with E-state index < -0.39 is 0 Å². The molecule has 0 aliphatic rings. The van der Waals surface area contributed by atoms with Crippen molar-refractivity contribution >= 4 is 15.9 Å². The zero-order chi connectivity index (χ0) is 11.4. The molecule has 0 aromatic heterocycles. The van der Waals surface area contributed by atoms with Gasteiger partial charge in [0.2, 0.25) is 0 Å². The monoisotopic (exact) mass is 274 g/mol. The molecule has 0 aromatic rings. The summed E-state index contributed by atoms with van der Waals surface area (Å²) in [6, 6.07) is 0. The molecule has 0 bridgehead atoms. The Balaban J connectivity index is 3.16. The molecule has 90 valence electrons. The molecule has 0 nitrogen and oxygen atoms in total. The Hall–Kier alpha value is 0.220. The molecule has 1 heteroatoms. The summed E-state index contributed by atoms with van der Waals surface area (Å²) < 4.78 is 0. The summed E-state index contributed by atoms with van der Waals surface area (Å²) in [7, 11) is 0. The molecule has 0 N–H and O–H groups in total. The third kappa shape index (κ3) is 12.2. The van der Waals surface area contributed by atoms with Crippen LogP contribution in [0.2, 0.25) is 0 Å². The van der Waals surface area contributed by atoms with Crippen LogP contribution in [0, 0.1) is 0 Å². The molecule has 0 rings (SSSR count). The molecule has 0 amide bonds. The first kappa shape index (κ1) is 15.2. The minimum Gasteiger partial charge on any atom is -0.0925 e. The third-order valence-corrected chi connectivity index (χ3v) is 3.23. The summed E-state index contributed by atoms with van der Waals surface area (Å²) in [6.07, 6.45) is 14.8. The van der Waals surface area contributed by atoms with E-state index in [9.17, 15) is 0 Å². The van der Waals surface area contributed by atoms with Crippen molar-refractivity contribution in [2.45, 2.75) is 71.6 Å². The molecule has 0 spiro atoms. The van der Waals surface area contributed by atoms with Gasteiger partial charge in [-0.2, -0.15) is 0 Å². The number of hydrogen-bond donors (Lipinski definition) is 0. The normalized spacial score (nSPS) is 12.1. The van der Waals surface area contributed by atoms with Crippen LogP contribution in [0.4, 0.5) is 0 Å². The van der Waals surface area contributed by atoms with Gasteiger partial charge in [0.15, 0.2) is 0 Å². The van der Waals surface area contributed by atoms with Crippen molar-refractivity contribution in [3.05, 3.63) is 11.6 Å². The Bertz CT molecular complexity index is 149. The van der Waals surface area contributed by atoms with Crippen molar-refractivity contribution in [3.8, 4) is 0 Å². The maximum atomic E-state index is 3.45. The number of rotatable bonds is 10. The summed E-state index contributed by atoms with van der Waals surface area (Å²) >= 11 is 3.45. The summed E-state index contributed by atoms with van der Waals surface area (Å²) in [5.41, 5.74) is 1.57. The fraction of sp³-hybridized carbons (Fsp3) is 0.857. The van der Waals surface area contributed by atoms with Gasteiger partial charge in [-0.05, 0) is 26.2 Å². The molecule has 0 radical (unpaired) electrons. The molecule has 0 aliphatic carbocycles. The molecular formula is C14H27Br. The van der Waals surface area contributed by atoms with Crippen molar-refractivity contribution in [2.75, 3.05) is 5.33 Å². The maximum absolute atomic E-state index is 3.45. The predicted octanol–water partition coefficient (Wildman–Crippen LogP) is 5.86. The molecule has 0 atom stereocenters. The van der Waals surface area contributed by atoms with E-state index >= 15 is 0 Å². The molecule has 15 heavy (non-hydrogen) atoms. The van der Waals surface area contributed by atoms with Gasteiger partial charge in [-0.25, -0.2) is 0 Å². The van der Waals surface area contributed by atoms with Crippen LogP contribution < -0.4 is 0 Å². The van der Waals surface area contributed by atoms with Crippen LogP contribution >= 0.6 is 15.9 Å². The number of hydrogen-bond acceptors (Lipinski definition) is 0. The standard InChI is InChI=1S/C14H27Br/c1-3-4-5-6-7-8-9-11-14(2)12-10-13-15/h12H,3-11,13H2,1-2H3/b14-12+. The van der Waals surface area contributed by atoms with Crippen LogP contribution in [-0.2, 0) is 0 Å². The molecule has 0 heterocycles. The van der Waals surface area contributed by atoms with E-state index in [1.807, 2.05) is 0 Å². The minimum atomic E-state index is 1.10. The van der Waals surface area contributed by atoms with E-state index in [1.54, 1.807) is 5.57 Å². The first-order valence-electron chi connectivity index (χ1n) is 6.52. The molecule has 0 aliphatic heterocycles. The molecule has 0 unspecified atom stereocenters. The highest BCUT2D eigenvalue weighted by molar-refractivity contribution is 9.09. The summed E-state index contributed by atoms with van der Waals surface area (Å²) in [4.78, 5) is 0. The largest absolute Gasteiger partial charge is 0.0925 e. The number of alkyl halides is 1. The van der Waals surface area contributed by atoms with E-state index in [0.29, 0.717) is 0 Å². The Kier molecular flexibility index (Phi) is 12.5. The first-order chi connectivity index (χ1) is 7.31. The van der Waals surface area contributed by atoms with E-state index in [-0.39, 0.29) is 0 Å². The summed E-state index contributed by atoms with van der Waals surface area (Å²) in [5, 5.41) is 1.10. The van der Waals surface area contributed by atoms with Crippen molar-refractivity contribution in [2.24, 2.45) is 0 Å². The number of allylic oxidation sites excluding steroid dienone is 2. The zero-order valence-corrected chi connectivity index (χ0v) is 12.1. The number of unbranched alkanes of at least 4 members (excludes halogenated alkanes) is 6. The molecule has 0 saturated heterocycles. The van der Waals surface area contributed by atoms with E-state index in [2.05, 4.69) is 35.9 Å². The third-order valence-electron chi connectivity index (χ3n) is 2.78. The highest BCUT2D eigenvalue weighted by Crippen LogP contribution is 2.12. The van der Waals surface area contributed by atoms with Gasteiger partial charge in [-0.3, -0.25) is 0 Å². The lowest BCUT2D eigenvalue weighted by Crippen LogP contribution is -1.82. The lowest BCUT2D eigenvalue weighted by molar-refractivity contribution is 0.588. The fourth-order valence-corrected chi connectivity index (χ4v) is 1.99. The van der Waals surface area contributed by atoms with Gasteiger partial charge in [0, 0.05) is 5.33 Å². The van der Waals surface area contributed by atoms with Gasteiger partial charge in [0.05, 0.1) is 0 Å². The van der Waals surface area contributed by atoms with Crippen LogP contribution in [0.5, 0.6) is 0 Å². The SMILES string of the molecule is CCCCCCCCC/C(C)=C/CCBr. The topological polar surface area (TPSA) is 0 Å². The Labute approximate surface area is 105 Å². The average Bonchev–Trinajstić information content (AvgIpc) is 2.25. The van der Waals surface area contributed by atoms with Crippen LogP contribution in [0.3, 0.4) is 0 Å². The predicted molar refractivity (Wildman–Crippen MR) is 74.8 cm³/mol. The van der Waals surface area contributed by atoms with Gasteiger partial charge in [0.1, 0.15) is 0 Å². The number of halogens is 1. The quantitative estimate of drug-likeness (QED) is 0.266. The summed E-state index contributed by atoms with van der Waals surface area (Å²) in [6.45, 7) is 4.54. The lowest BCUT2D eigenvalue weighted by Gasteiger charge is -2.02. The van der Waals surface area contributed by atoms with Crippen LogP contribution in [-0.4, -0.2) is 5.33 Å². The van der Waals surface area contributed by atoms with Gasteiger partial charge in [-0.1, -0.05) is 73.0 Å². The Morgan fingerprint density at radius 2 is 1.60 bits per heavy atom. The van der Waals surface area contributed by atoms with Gasteiger partial charge in [0.25, 0.3) is 0 Å². The van der Waals surface area contributed by atoms with Gasteiger partial charge < -0.3 is 0 Å². The Morgan fingerprint density at radius 3 is 2.20 bits per heavy atom. The smallest absolute Gasteiger partial charge is 0.00660 e. The zero-order valence-electron chi connectivity index (χ0n) is 10.5. The van der Waals surface area contributed by atoms with Crippen molar-refractivity contribution in [1.29, 1.82) is 0 Å². The van der Waals surface area contributed by atoms with E-state index in [1.165, 1.54) is 57.8 Å². The lowest BCUT2D eigenvalue weighted by atomic mass is 10.1. The summed E-state index contributed by atoms with van der Waals surface area (Å²) in [5.74, 6) is 0. The minimum absolute atomic E-state index is 1.10. The van der Waals surface area contributed by atoms with E-state index in [0.717, 1.165) is 5.33 Å². The van der Waals surface area contributed by atoms with Crippen LogP contribution in [0.1, 0.15) is 71.6 Å². The van der Waals surface area contributed by atoms with Crippen LogP contribution in [0.25, 0.3) is 0 Å². The van der Waals surface area contributed by atoms with Gasteiger partial charge in [-0.15, -0.1) is 0 Å². The highest BCUT2D eigenvalue weighted by atomic mass is 79.9. The molecule has 0 saturated carbocycles. The highest BCUT2D eigenvalue weighted by Gasteiger charge is 1.92. The van der Waals surface area contributed by atoms with Crippen molar-refractivity contribution in [1.82, 2.24) is 0 Å².